The molecule has 1 N–H and O–H groups in total. The molecular formula is C16H9ClN2O2S. The lowest BCUT2D eigenvalue weighted by Crippen LogP contribution is -2.24. The monoisotopic (exact) mass is 328 g/mol. The largest absolute Gasteiger partial charge is 0.349 e. The summed E-state index contributed by atoms with van der Waals surface area (Å²) in [6.45, 7) is 0. The van der Waals surface area contributed by atoms with Gasteiger partial charge in [0, 0.05) is 5.02 Å². The van der Waals surface area contributed by atoms with Crippen LogP contribution in [-0.4, -0.2) is 9.55 Å². The minimum atomic E-state index is -0.343. The first-order chi connectivity index (χ1) is 10.6. The first-order valence-electron chi connectivity index (χ1n) is 6.58. The molecule has 108 valence electrons. The van der Waals surface area contributed by atoms with Crippen LogP contribution in [0.15, 0.2) is 58.1 Å². The van der Waals surface area contributed by atoms with Crippen molar-refractivity contribution in [1.82, 2.24) is 9.55 Å². The highest BCUT2D eigenvalue weighted by Crippen LogP contribution is 2.17. The molecule has 0 aromatic heterocycles. The summed E-state index contributed by atoms with van der Waals surface area (Å²) in [7, 11) is 0. The molecule has 22 heavy (non-hydrogen) atoms. The van der Waals surface area contributed by atoms with Crippen molar-refractivity contribution in [2.24, 2.45) is 0 Å². The van der Waals surface area contributed by atoms with Crippen LogP contribution < -0.4 is 11.1 Å². The molecule has 0 saturated heterocycles. The van der Waals surface area contributed by atoms with Gasteiger partial charge in [0.2, 0.25) is 0 Å². The quantitative estimate of drug-likeness (QED) is 0.583. The van der Waals surface area contributed by atoms with Crippen LogP contribution in [0.4, 0.5) is 0 Å². The van der Waals surface area contributed by atoms with E-state index in [1.54, 1.807) is 24.3 Å². The second kappa shape index (κ2) is 4.83. The Morgan fingerprint density at radius 1 is 0.955 bits per heavy atom. The molecule has 0 aliphatic carbocycles. The Bertz CT molecular complexity index is 1100. The maximum atomic E-state index is 12.6. The van der Waals surface area contributed by atoms with Crippen molar-refractivity contribution in [3.63, 3.8) is 0 Å². The van der Waals surface area contributed by atoms with Crippen LogP contribution in [0.5, 0.6) is 0 Å². The summed E-state index contributed by atoms with van der Waals surface area (Å²) in [6.07, 6.45) is 0. The summed E-state index contributed by atoms with van der Waals surface area (Å²) >= 11 is 7.18. The molecule has 0 atom stereocenters. The lowest BCUT2D eigenvalue weighted by molar-refractivity contribution is 0.967. The molecule has 4 rings (SSSR count). The first kappa shape index (κ1) is 13.3. The third-order valence-electron chi connectivity index (χ3n) is 3.48. The fourth-order valence-corrected chi connectivity index (χ4v) is 3.58. The fourth-order valence-electron chi connectivity index (χ4n) is 2.44. The van der Waals surface area contributed by atoms with Gasteiger partial charge >= 0.3 is 0 Å². The van der Waals surface area contributed by atoms with Gasteiger partial charge in [-0.25, -0.2) is 4.57 Å². The Balaban J connectivity index is 2.14. The summed E-state index contributed by atoms with van der Waals surface area (Å²) in [6, 6.07) is 14.2. The van der Waals surface area contributed by atoms with Gasteiger partial charge in [0.1, 0.15) is 9.88 Å². The van der Waals surface area contributed by atoms with Crippen LogP contribution in [-0.2, 0) is 0 Å². The number of nitrogens with one attached hydrogen (secondary N) is 1. The molecule has 0 unspecified atom stereocenters. The van der Waals surface area contributed by atoms with Gasteiger partial charge in [0.05, 0.1) is 15.9 Å². The predicted molar refractivity (Wildman–Crippen MR) is 88.4 cm³/mol. The van der Waals surface area contributed by atoms with Crippen molar-refractivity contribution in [3.8, 4) is 5.69 Å². The number of H-pyrrole nitrogens is 1. The SMILES string of the molecule is O=c1c2[nH]c3ccccc3sc=2c(=O)n1-c1ccc(Cl)cc1. The zero-order chi connectivity index (χ0) is 15.3. The maximum Gasteiger partial charge on any atom is 0.283 e. The van der Waals surface area contributed by atoms with Crippen molar-refractivity contribution in [1.29, 1.82) is 0 Å². The van der Waals surface area contributed by atoms with E-state index in [9.17, 15) is 9.59 Å². The van der Waals surface area contributed by atoms with Gasteiger partial charge in [-0.3, -0.25) is 9.59 Å². The van der Waals surface area contributed by atoms with Crippen molar-refractivity contribution in [2.75, 3.05) is 0 Å². The minimum absolute atomic E-state index is 0.311. The Labute approximate surface area is 132 Å². The first-order valence-corrected chi connectivity index (χ1v) is 7.77. The standard InChI is InChI=1S/C16H9ClN2O2S/c17-9-5-7-10(8-6-9)19-15(20)13-14(16(19)21)22-12-4-2-1-3-11(12)18-13/h1-8,18H. The lowest BCUT2D eigenvalue weighted by atomic mass is 10.3. The van der Waals surface area contributed by atoms with Crippen LogP contribution in [0.25, 0.3) is 15.9 Å². The van der Waals surface area contributed by atoms with Crippen LogP contribution >= 0.6 is 22.9 Å². The summed E-state index contributed by atoms with van der Waals surface area (Å²) in [4.78, 5) is 28.3. The van der Waals surface area contributed by atoms with Gasteiger partial charge < -0.3 is 4.98 Å². The Kier molecular flexibility index (Phi) is 2.92. The van der Waals surface area contributed by atoms with E-state index >= 15 is 0 Å². The number of rotatable bonds is 1. The zero-order valence-corrected chi connectivity index (χ0v) is 12.7. The van der Waals surface area contributed by atoms with E-state index in [1.807, 2.05) is 24.3 Å². The Morgan fingerprint density at radius 3 is 2.45 bits per heavy atom. The highest BCUT2D eigenvalue weighted by molar-refractivity contribution is 7.16. The minimum Gasteiger partial charge on any atom is -0.349 e. The number of benzene rings is 2. The van der Waals surface area contributed by atoms with Crippen molar-refractivity contribution >= 4 is 33.2 Å². The third-order valence-corrected chi connectivity index (χ3v) is 4.90. The van der Waals surface area contributed by atoms with Crippen LogP contribution in [0.2, 0.25) is 5.02 Å². The molecule has 6 heteroatoms. The number of hydrogen-bond acceptors (Lipinski definition) is 3. The number of halogens is 1. The average Bonchev–Trinajstić information content (AvgIpc) is 2.78. The van der Waals surface area contributed by atoms with Crippen molar-refractivity contribution in [2.45, 2.75) is 0 Å². The van der Waals surface area contributed by atoms with E-state index in [-0.39, 0.29) is 11.1 Å². The number of fused-ring (bicyclic) bond motifs is 1. The van der Waals surface area contributed by atoms with E-state index in [4.69, 9.17) is 11.6 Å². The van der Waals surface area contributed by atoms with Crippen LogP contribution in [0, 0.1) is 9.88 Å². The van der Waals surface area contributed by atoms with Gasteiger partial charge in [0.25, 0.3) is 11.1 Å². The third kappa shape index (κ3) is 1.90. The molecule has 0 spiro atoms. The molecule has 2 aliphatic rings. The molecule has 0 saturated carbocycles. The van der Waals surface area contributed by atoms with Gasteiger partial charge in [-0.15, -0.1) is 11.3 Å². The van der Waals surface area contributed by atoms with Gasteiger partial charge in [0.15, 0.2) is 0 Å². The molecule has 2 aromatic rings. The summed E-state index contributed by atoms with van der Waals surface area (Å²) in [5, 5.41) is 0.893. The molecule has 0 fully saturated rings. The van der Waals surface area contributed by atoms with Crippen LogP contribution in [0.1, 0.15) is 0 Å². The Morgan fingerprint density at radius 2 is 1.68 bits per heavy atom. The van der Waals surface area contributed by atoms with E-state index in [0.717, 1.165) is 10.2 Å². The number of nitrogens with zero attached hydrogens (tertiary/aromatic N) is 1. The summed E-state index contributed by atoms with van der Waals surface area (Å²) in [5.41, 5.74) is 0.698. The molecule has 2 aromatic carbocycles. The predicted octanol–water partition coefficient (Wildman–Crippen LogP) is 3.12. The second-order valence-electron chi connectivity index (χ2n) is 4.85. The maximum absolute atomic E-state index is 12.6. The number of aromatic nitrogens is 2. The van der Waals surface area contributed by atoms with Gasteiger partial charge in [-0.05, 0) is 36.4 Å². The normalized spacial score (nSPS) is 11.3. The van der Waals surface area contributed by atoms with Gasteiger partial charge in [-0.1, -0.05) is 23.7 Å². The second-order valence-corrected chi connectivity index (χ2v) is 6.34. The molecule has 0 bridgehead atoms. The van der Waals surface area contributed by atoms with Crippen molar-refractivity contribution < 1.29 is 0 Å². The molecule has 4 nitrogen and oxygen atoms in total. The topological polar surface area (TPSA) is 54.9 Å². The van der Waals surface area contributed by atoms with Crippen LogP contribution in [0.3, 0.4) is 0 Å². The van der Waals surface area contributed by atoms with E-state index in [0.29, 0.717) is 20.6 Å². The fraction of sp³-hybridized carbons (Fsp3) is 0. The highest BCUT2D eigenvalue weighted by atomic mass is 35.5. The number of hydrogen-bond donors (Lipinski definition) is 1. The summed E-state index contributed by atoms with van der Waals surface area (Å²) < 4.78 is 2.53. The molecule has 0 amide bonds. The molecule has 0 radical (unpaired) electrons. The smallest absolute Gasteiger partial charge is 0.283 e. The van der Waals surface area contributed by atoms with E-state index in [1.165, 1.54) is 15.9 Å². The number of aromatic amines is 1. The average molecular weight is 329 g/mol. The van der Waals surface area contributed by atoms with E-state index in [2.05, 4.69) is 4.98 Å². The molecule has 2 aliphatic heterocycles. The highest BCUT2D eigenvalue weighted by Gasteiger charge is 2.13. The zero-order valence-electron chi connectivity index (χ0n) is 11.2. The Hall–Kier alpha value is -2.37. The summed E-state index contributed by atoms with van der Waals surface area (Å²) in [5.74, 6) is 0. The molecule has 2 heterocycles. The number of para-hydroxylation sites is 1. The lowest BCUT2D eigenvalue weighted by Gasteiger charge is -1.99. The van der Waals surface area contributed by atoms with Crippen molar-refractivity contribution in [3.05, 3.63) is 84.1 Å². The van der Waals surface area contributed by atoms with Gasteiger partial charge in [-0.2, -0.15) is 0 Å². The molecular weight excluding hydrogens is 320 g/mol. The van der Waals surface area contributed by atoms with E-state index < -0.39 is 0 Å².